The van der Waals surface area contributed by atoms with Gasteiger partial charge < -0.3 is 9.30 Å². The summed E-state index contributed by atoms with van der Waals surface area (Å²) in [5.41, 5.74) is 0.916. The molecular weight excluding hydrogens is 384 g/mol. The van der Waals surface area contributed by atoms with Gasteiger partial charge in [0, 0.05) is 24.7 Å². The van der Waals surface area contributed by atoms with Crippen LogP contribution in [0.2, 0.25) is 0 Å². The minimum Gasteiger partial charge on any atom is -0.376 e. The van der Waals surface area contributed by atoms with Gasteiger partial charge in [0.15, 0.2) is 0 Å². The topological polar surface area (TPSA) is 77.3 Å². The van der Waals surface area contributed by atoms with Crippen molar-refractivity contribution in [2.45, 2.75) is 56.6 Å². The molecule has 4 rings (SSSR count). The highest BCUT2D eigenvalue weighted by molar-refractivity contribution is 7.91. The van der Waals surface area contributed by atoms with E-state index in [1.165, 1.54) is 0 Å². The van der Waals surface area contributed by atoms with E-state index >= 15 is 0 Å². The molecule has 1 aliphatic carbocycles. The van der Waals surface area contributed by atoms with Crippen molar-refractivity contribution in [2.24, 2.45) is 5.92 Å². The number of sulfone groups is 1. The van der Waals surface area contributed by atoms with Crippen molar-refractivity contribution >= 4 is 21.2 Å². The number of aromatic nitrogens is 3. The van der Waals surface area contributed by atoms with E-state index in [-0.39, 0.29) is 17.0 Å². The van der Waals surface area contributed by atoms with Crippen molar-refractivity contribution in [2.75, 3.05) is 19.4 Å². The number of thiazole rings is 1. The standard InChI is InChI=1S/C18H26N4O3S2/c1-21(12-17-19-6-8-26-17)10-15-9-20-18(27(23,24)13-14-4-5-14)22(15)11-16-3-2-7-25-16/h6,8-9,14,16H,2-5,7,10-13H2,1H3/t16-/m1/s1. The van der Waals surface area contributed by atoms with Crippen molar-refractivity contribution in [1.82, 2.24) is 19.4 Å². The Morgan fingerprint density at radius 2 is 2.15 bits per heavy atom. The molecular formula is C18H26N4O3S2. The van der Waals surface area contributed by atoms with Crippen molar-refractivity contribution < 1.29 is 13.2 Å². The lowest BCUT2D eigenvalue weighted by Crippen LogP contribution is -2.25. The molecule has 1 atom stereocenters. The van der Waals surface area contributed by atoms with Gasteiger partial charge in [-0.05, 0) is 38.6 Å². The minimum atomic E-state index is -3.37. The van der Waals surface area contributed by atoms with Gasteiger partial charge in [-0.25, -0.2) is 18.4 Å². The zero-order chi connectivity index (χ0) is 18.9. The molecule has 9 heteroatoms. The maximum absolute atomic E-state index is 12.9. The van der Waals surface area contributed by atoms with Crippen molar-refractivity contribution in [3.63, 3.8) is 0 Å². The van der Waals surface area contributed by atoms with Gasteiger partial charge in [0.25, 0.3) is 0 Å². The van der Waals surface area contributed by atoms with Gasteiger partial charge in [-0.15, -0.1) is 11.3 Å². The highest BCUT2D eigenvalue weighted by Crippen LogP contribution is 2.32. The summed E-state index contributed by atoms with van der Waals surface area (Å²) in [5, 5.41) is 3.22. The maximum Gasteiger partial charge on any atom is 0.227 e. The molecule has 148 valence electrons. The normalized spacial score (nSPS) is 20.6. The van der Waals surface area contributed by atoms with E-state index in [1.54, 1.807) is 23.7 Å². The van der Waals surface area contributed by atoms with Gasteiger partial charge in [-0.1, -0.05) is 0 Å². The summed E-state index contributed by atoms with van der Waals surface area (Å²) in [7, 11) is -1.35. The predicted octanol–water partition coefficient (Wildman–Crippen LogP) is 2.33. The SMILES string of the molecule is CN(Cc1nccs1)Cc1cnc(S(=O)(=O)CC2CC2)n1C[C@H]1CCCO1. The zero-order valence-electron chi connectivity index (χ0n) is 15.6. The maximum atomic E-state index is 12.9. The average Bonchev–Trinajstić information content (AvgIpc) is 3.05. The molecule has 1 saturated carbocycles. The Kier molecular flexibility index (Phi) is 5.63. The van der Waals surface area contributed by atoms with Gasteiger partial charge >= 0.3 is 0 Å². The first-order valence-corrected chi connectivity index (χ1v) is 12.0. The molecule has 2 fully saturated rings. The van der Waals surface area contributed by atoms with Crippen molar-refractivity contribution in [1.29, 1.82) is 0 Å². The first-order chi connectivity index (χ1) is 13.0. The molecule has 0 spiro atoms. The van der Waals surface area contributed by atoms with Crippen molar-refractivity contribution in [3.05, 3.63) is 28.5 Å². The Balaban J connectivity index is 1.55. The lowest BCUT2D eigenvalue weighted by atomic mass is 10.2. The lowest BCUT2D eigenvalue weighted by molar-refractivity contribution is 0.0934. The third-order valence-electron chi connectivity index (χ3n) is 5.06. The summed E-state index contributed by atoms with van der Waals surface area (Å²) >= 11 is 1.62. The molecule has 0 N–H and O–H groups in total. The number of rotatable bonds is 9. The Morgan fingerprint density at radius 3 is 2.81 bits per heavy atom. The van der Waals surface area contributed by atoms with Crippen LogP contribution in [-0.4, -0.2) is 53.4 Å². The molecule has 2 aliphatic rings. The molecule has 0 bridgehead atoms. The van der Waals surface area contributed by atoms with Gasteiger partial charge in [-0.3, -0.25) is 4.90 Å². The Bertz CT molecular complexity index is 853. The minimum absolute atomic E-state index is 0.0668. The smallest absolute Gasteiger partial charge is 0.227 e. The average molecular weight is 411 g/mol. The summed E-state index contributed by atoms with van der Waals surface area (Å²) in [5.74, 6) is 0.517. The van der Waals surface area contributed by atoms with E-state index in [4.69, 9.17) is 4.74 Å². The first kappa shape index (κ1) is 19.0. The van der Waals surface area contributed by atoms with Crippen LogP contribution in [0.3, 0.4) is 0 Å². The van der Waals surface area contributed by atoms with Crippen LogP contribution in [-0.2, 0) is 34.2 Å². The molecule has 2 aromatic heterocycles. The summed E-state index contributed by atoms with van der Waals surface area (Å²) in [6, 6.07) is 0. The molecule has 3 heterocycles. The van der Waals surface area contributed by atoms with Crippen LogP contribution in [0.4, 0.5) is 0 Å². The number of ether oxygens (including phenoxy) is 1. The summed E-state index contributed by atoms with van der Waals surface area (Å²) in [4.78, 5) is 10.8. The zero-order valence-corrected chi connectivity index (χ0v) is 17.2. The number of hydrogen-bond acceptors (Lipinski definition) is 7. The fourth-order valence-electron chi connectivity index (χ4n) is 3.52. The van der Waals surface area contributed by atoms with Crippen molar-refractivity contribution in [3.8, 4) is 0 Å². The Hall–Kier alpha value is -1.29. The van der Waals surface area contributed by atoms with Crippen LogP contribution in [0.1, 0.15) is 36.4 Å². The molecule has 0 amide bonds. The molecule has 1 aliphatic heterocycles. The van der Waals surface area contributed by atoms with E-state index in [1.807, 2.05) is 17.0 Å². The quantitative estimate of drug-likeness (QED) is 0.631. The van der Waals surface area contributed by atoms with Crippen LogP contribution in [0.15, 0.2) is 22.9 Å². The molecule has 0 aromatic carbocycles. The second-order valence-electron chi connectivity index (χ2n) is 7.60. The van der Waals surface area contributed by atoms with E-state index in [9.17, 15) is 8.42 Å². The summed E-state index contributed by atoms with van der Waals surface area (Å²) in [6.07, 6.45) is 7.60. The van der Waals surface area contributed by atoms with Crippen LogP contribution >= 0.6 is 11.3 Å². The molecule has 27 heavy (non-hydrogen) atoms. The fourth-order valence-corrected chi connectivity index (χ4v) is 6.06. The first-order valence-electron chi connectivity index (χ1n) is 9.47. The van der Waals surface area contributed by atoms with E-state index in [2.05, 4.69) is 14.9 Å². The van der Waals surface area contributed by atoms with Crippen LogP contribution in [0.5, 0.6) is 0 Å². The Morgan fingerprint density at radius 1 is 1.30 bits per heavy atom. The highest BCUT2D eigenvalue weighted by atomic mass is 32.2. The van der Waals surface area contributed by atoms with Crippen LogP contribution < -0.4 is 0 Å². The van der Waals surface area contributed by atoms with Gasteiger partial charge in [0.1, 0.15) is 5.01 Å². The van der Waals surface area contributed by atoms with Crippen LogP contribution in [0.25, 0.3) is 0 Å². The van der Waals surface area contributed by atoms with Gasteiger partial charge in [0.05, 0.1) is 36.8 Å². The molecule has 2 aromatic rings. The van der Waals surface area contributed by atoms with E-state index in [0.29, 0.717) is 19.0 Å². The summed E-state index contributed by atoms with van der Waals surface area (Å²) < 4.78 is 33.4. The Labute approximate surface area is 164 Å². The predicted molar refractivity (Wildman–Crippen MR) is 103 cm³/mol. The van der Waals surface area contributed by atoms with E-state index < -0.39 is 9.84 Å². The van der Waals surface area contributed by atoms with Gasteiger partial charge in [0.2, 0.25) is 15.0 Å². The second kappa shape index (κ2) is 7.98. The summed E-state index contributed by atoms with van der Waals surface area (Å²) in [6.45, 7) is 2.66. The lowest BCUT2D eigenvalue weighted by Gasteiger charge is -2.19. The molecule has 7 nitrogen and oxygen atoms in total. The van der Waals surface area contributed by atoms with Gasteiger partial charge in [-0.2, -0.15) is 0 Å². The van der Waals surface area contributed by atoms with Crippen LogP contribution in [0, 0.1) is 5.92 Å². The van der Waals surface area contributed by atoms with E-state index in [0.717, 1.165) is 49.5 Å². The number of imidazole rings is 1. The molecule has 0 radical (unpaired) electrons. The fraction of sp³-hybridized carbons (Fsp3) is 0.667. The second-order valence-corrected chi connectivity index (χ2v) is 10.5. The monoisotopic (exact) mass is 410 g/mol. The molecule has 0 unspecified atom stereocenters. The third kappa shape index (κ3) is 4.77. The third-order valence-corrected chi connectivity index (χ3v) is 7.62. The number of nitrogens with zero attached hydrogens (tertiary/aromatic N) is 4. The number of hydrogen-bond donors (Lipinski definition) is 0. The molecule has 1 saturated heterocycles. The highest BCUT2D eigenvalue weighted by Gasteiger charge is 2.33. The largest absolute Gasteiger partial charge is 0.376 e.